The van der Waals surface area contributed by atoms with Crippen LogP contribution >= 0.6 is 0 Å². The SMILES string of the molecule is CC#CCC(NCC)C1CCC(C)(C)CC1. The van der Waals surface area contributed by atoms with Crippen molar-refractivity contribution in [1.29, 1.82) is 0 Å². The Morgan fingerprint density at radius 3 is 2.44 bits per heavy atom. The first-order chi connectivity index (χ1) is 7.59. The molecule has 1 atom stereocenters. The van der Waals surface area contributed by atoms with E-state index in [1.165, 1.54) is 25.7 Å². The van der Waals surface area contributed by atoms with Crippen molar-refractivity contribution in [3.63, 3.8) is 0 Å². The molecular formula is C15H27N. The summed E-state index contributed by atoms with van der Waals surface area (Å²) >= 11 is 0. The van der Waals surface area contributed by atoms with Gasteiger partial charge in [-0.15, -0.1) is 11.8 Å². The molecule has 1 fully saturated rings. The molecule has 92 valence electrons. The molecule has 0 aromatic carbocycles. The molecule has 0 aromatic heterocycles. The zero-order valence-electron chi connectivity index (χ0n) is 11.4. The quantitative estimate of drug-likeness (QED) is 0.715. The Morgan fingerprint density at radius 2 is 1.94 bits per heavy atom. The fraction of sp³-hybridized carbons (Fsp3) is 0.867. The Kier molecular flexibility index (Phi) is 5.35. The Hall–Kier alpha value is -0.480. The summed E-state index contributed by atoms with van der Waals surface area (Å²) in [5.74, 6) is 7.10. The minimum atomic E-state index is 0.573. The lowest BCUT2D eigenvalue weighted by Gasteiger charge is -2.37. The van der Waals surface area contributed by atoms with E-state index in [4.69, 9.17) is 0 Å². The van der Waals surface area contributed by atoms with Gasteiger partial charge < -0.3 is 5.32 Å². The first kappa shape index (κ1) is 13.6. The van der Waals surface area contributed by atoms with Crippen LogP contribution in [0.5, 0.6) is 0 Å². The lowest BCUT2D eigenvalue weighted by molar-refractivity contribution is 0.163. The molecule has 1 nitrogen and oxygen atoms in total. The van der Waals surface area contributed by atoms with Crippen molar-refractivity contribution < 1.29 is 0 Å². The monoisotopic (exact) mass is 221 g/mol. The molecule has 0 saturated heterocycles. The summed E-state index contributed by atoms with van der Waals surface area (Å²) in [5, 5.41) is 3.61. The zero-order chi connectivity index (χ0) is 12.0. The maximum Gasteiger partial charge on any atom is 0.0245 e. The van der Waals surface area contributed by atoms with Gasteiger partial charge in [0, 0.05) is 12.5 Å². The normalized spacial score (nSPS) is 22.2. The third-order valence-electron chi connectivity index (χ3n) is 3.92. The van der Waals surface area contributed by atoms with Gasteiger partial charge in [-0.2, -0.15) is 0 Å². The summed E-state index contributed by atoms with van der Waals surface area (Å²) in [4.78, 5) is 0. The van der Waals surface area contributed by atoms with Crippen LogP contribution in [0.3, 0.4) is 0 Å². The summed E-state index contributed by atoms with van der Waals surface area (Å²) in [6.45, 7) is 10.00. The highest BCUT2D eigenvalue weighted by molar-refractivity contribution is 5.00. The van der Waals surface area contributed by atoms with E-state index in [9.17, 15) is 0 Å². The minimum absolute atomic E-state index is 0.573. The van der Waals surface area contributed by atoms with Crippen molar-refractivity contribution in [2.45, 2.75) is 65.8 Å². The number of rotatable bonds is 4. The lowest BCUT2D eigenvalue weighted by Crippen LogP contribution is -2.39. The van der Waals surface area contributed by atoms with E-state index in [0.29, 0.717) is 11.5 Å². The van der Waals surface area contributed by atoms with Gasteiger partial charge in [0.2, 0.25) is 0 Å². The van der Waals surface area contributed by atoms with Crippen molar-refractivity contribution in [2.24, 2.45) is 11.3 Å². The van der Waals surface area contributed by atoms with Crippen LogP contribution in [-0.2, 0) is 0 Å². The predicted molar refractivity (Wildman–Crippen MR) is 71.3 cm³/mol. The highest BCUT2D eigenvalue weighted by Gasteiger charge is 2.30. The molecule has 1 aliphatic carbocycles. The highest BCUT2D eigenvalue weighted by atomic mass is 14.9. The first-order valence-electron chi connectivity index (χ1n) is 6.72. The molecule has 1 N–H and O–H groups in total. The van der Waals surface area contributed by atoms with Gasteiger partial charge in [-0.3, -0.25) is 0 Å². The smallest absolute Gasteiger partial charge is 0.0245 e. The van der Waals surface area contributed by atoms with Crippen molar-refractivity contribution in [1.82, 2.24) is 5.32 Å². The van der Waals surface area contributed by atoms with Crippen LogP contribution in [0, 0.1) is 23.2 Å². The largest absolute Gasteiger partial charge is 0.313 e. The van der Waals surface area contributed by atoms with Gasteiger partial charge in [-0.1, -0.05) is 20.8 Å². The zero-order valence-corrected chi connectivity index (χ0v) is 11.4. The summed E-state index contributed by atoms with van der Waals surface area (Å²) < 4.78 is 0. The fourth-order valence-corrected chi connectivity index (χ4v) is 2.70. The summed E-state index contributed by atoms with van der Waals surface area (Å²) in [5.41, 5.74) is 0.573. The Bertz CT molecular complexity index is 246. The third kappa shape index (κ3) is 4.18. The van der Waals surface area contributed by atoms with Gasteiger partial charge in [0.1, 0.15) is 0 Å². The van der Waals surface area contributed by atoms with E-state index >= 15 is 0 Å². The molecular weight excluding hydrogens is 194 g/mol. The van der Waals surface area contributed by atoms with Gasteiger partial charge in [-0.25, -0.2) is 0 Å². The van der Waals surface area contributed by atoms with E-state index in [1.807, 2.05) is 6.92 Å². The molecule has 0 amide bonds. The standard InChI is InChI=1S/C15H27N/c1-5-7-8-14(16-6-2)13-9-11-15(3,4)12-10-13/h13-14,16H,6,8-12H2,1-4H3. The topological polar surface area (TPSA) is 12.0 Å². The molecule has 0 heterocycles. The Balaban J connectivity index is 2.48. The number of hydrogen-bond acceptors (Lipinski definition) is 1. The van der Waals surface area contributed by atoms with Crippen LogP contribution in [-0.4, -0.2) is 12.6 Å². The molecule has 0 aromatic rings. The van der Waals surface area contributed by atoms with Gasteiger partial charge >= 0.3 is 0 Å². The summed E-state index contributed by atoms with van der Waals surface area (Å²) in [6.07, 6.45) is 6.51. The summed E-state index contributed by atoms with van der Waals surface area (Å²) in [6, 6.07) is 0.619. The van der Waals surface area contributed by atoms with E-state index in [2.05, 4.69) is 37.9 Å². The van der Waals surface area contributed by atoms with E-state index in [-0.39, 0.29) is 0 Å². The van der Waals surface area contributed by atoms with Crippen LogP contribution in [0.15, 0.2) is 0 Å². The van der Waals surface area contributed by atoms with Crippen LogP contribution in [0.25, 0.3) is 0 Å². The van der Waals surface area contributed by atoms with Crippen molar-refractivity contribution in [3.8, 4) is 11.8 Å². The van der Waals surface area contributed by atoms with Gasteiger partial charge in [-0.05, 0) is 50.5 Å². The van der Waals surface area contributed by atoms with E-state index in [0.717, 1.165) is 18.9 Å². The van der Waals surface area contributed by atoms with Crippen molar-refractivity contribution in [2.75, 3.05) is 6.54 Å². The van der Waals surface area contributed by atoms with Crippen LogP contribution in [0.4, 0.5) is 0 Å². The Labute approximate surface area is 101 Å². The average Bonchev–Trinajstić information content (AvgIpc) is 2.25. The van der Waals surface area contributed by atoms with Crippen LogP contribution in [0.1, 0.15) is 59.8 Å². The first-order valence-corrected chi connectivity index (χ1v) is 6.72. The molecule has 1 saturated carbocycles. The highest BCUT2D eigenvalue weighted by Crippen LogP contribution is 2.39. The molecule has 1 unspecified atom stereocenters. The predicted octanol–water partition coefficient (Wildman–Crippen LogP) is 3.59. The number of nitrogens with one attached hydrogen (secondary N) is 1. The van der Waals surface area contributed by atoms with Gasteiger partial charge in [0.05, 0.1) is 0 Å². The maximum atomic E-state index is 3.61. The van der Waals surface area contributed by atoms with E-state index in [1.54, 1.807) is 0 Å². The Morgan fingerprint density at radius 1 is 1.31 bits per heavy atom. The second kappa shape index (κ2) is 6.30. The van der Waals surface area contributed by atoms with Crippen molar-refractivity contribution >= 4 is 0 Å². The minimum Gasteiger partial charge on any atom is -0.313 e. The lowest BCUT2D eigenvalue weighted by atomic mass is 9.70. The second-order valence-electron chi connectivity index (χ2n) is 5.80. The van der Waals surface area contributed by atoms with Crippen LogP contribution < -0.4 is 5.32 Å². The molecule has 0 aliphatic heterocycles. The van der Waals surface area contributed by atoms with Crippen LogP contribution in [0.2, 0.25) is 0 Å². The molecule has 1 aliphatic rings. The maximum absolute atomic E-state index is 3.61. The third-order valence-corrected chi connectivity index (χ3v) is 3.92. The molecule has 16 heavy (non-hydrogen) atoms. The number of hydrogen-bond donors (Lipinski definition) is 1. The van der Waals surface area contributed by atoms with Crippen molar-refractivity contribution in [3.05, 3.63) is 0 Å². The van der Waals surface area contributed by atoms with E-state index < -0.39 is 0 Å². The van der Waals surface area contributed by atoms with Gasteiger partial charge in [0.25, 0.3) is 0 Å². The van der Waals surface area contributed by atoms with Gasteiger partial charge in [0.15, 0.2) is 0 Å². The molecule has 0 radical (unpaired) electrons. The second-order valence-corrected chi connectivity index (χ2v) is 5.80. The molecule has 1 rings (SSSR count). The average molecular weight is 221 g/mol. The molecule has 0 bridgehead atoms. The fourth-order valence-electron chi connectivity index (χ4n) is 2.70. The molecule has 0 spiro atoms. The summed E-state index contributed by atoms with van der Waals surface area (Å²) in [7, 11) is 0. The molecule has 1 heteroatoms.